The molecule has 0 spiro atoms. The lowest BCUT2D eigenvalue weighted by molar-refractivity contribution is 0.0695. The van der Waals surface area contributed by atoms with Crippen molar-refractivity contribution >= 4 is 67.1 Å². The van der Waals surface area contributed by atoms with Gasteiger partial charge in [-0.25, -0.2) is 14.3 Å². The number of imidazole rings is 1. The highest BCUT2D eigenvalue weighted by Gasteiger charge is 2.36. The summed E-state index contributed by atoms with van der Waals surface area (Å²) in [6.07, 6.45) is 11.3. The molecule has 6 atom stereocenters. The number of carbonyl (C=O) groups is 2. The highest BCUT2D eigenvalue weighted by molar-refractivity contribution is 9.94. The highest BCUT2D eigenvalue weighted by atomic mass is 80.0. The van der Waals surface area contributed by atoms with Crippen LogP contribution in [0.4, 0.5) is 0 Å². The number of hydrogen-bond acceptors (Lipinski definition) is 19. The van der Waals surface area contributed by atoms with Crippen LogP contribution in [-0.2, 0) is 37.3 Å². The van der Waals surface area contributed by atoms with Crippen LogP contribution in [0, 0.1) is 38.5 Å². The van der Waals surface area contributed by atoms with Crippen LogP contribution >= 0.6 is 49.7 Å². The molecule has 528 valence electrons. The molecule has 0 bridgehead atoms. The summed E-state index contributed by atoms with van der Waals surface area (Å²) in [5.74, 6) is 3.16. The van der Waals surface area contributed by atoms with Crippen molar-refractivity contribution in [1.29, 1.82) is 0 Å². The first kappa shape index (κ1) is 78.9. The Morgan fingerprint density at radius 3 is 1.35 bits per heavy atom. The van der Waals surface area contributed by atoms with Crippen LogP contribution < -0.4 is 27.7 Å². The van der Waals surface area contributed by atoms with Crippen LogP contribution in [0.2, 0.25) is 0 Å². The Kier molecular flexibility index (Phi) is 29.4. The molecule has 25 nitrogen and oxygen atoms in total. The molecule has 3 saturated heterocycles. The third kappa shape index (κ3) is 22.0. The van der Waals surface area contributed by atoms with E-state index in [9.17, 15) is 28.5 Å². The predicted octanol–water partition coefficient (Wildman–Crippen LogP) is 11.6. The number of nitrogens with zero attached hydrogens (tertiary/aromatic N) is 13. The third-order valence-electron chi connectivity index (χ3n) is 17.2. The van der Waals surface area contributed by atoms with E-state index < -0.39 is 9.22 Å². The average Bonchev–Trinajstić information content (AvgIpc) is 1.61. The Labute approximate surface area is 605 Å². The van der Waals surface area contributed by atoms with Gasteiger partial charge in [-0.1, -0.05) is 127 Å². The maximum Gasteiger partial charge on any atom is 0.336 e. The quantitative estimate of drug-likeness (QED) is 0.0519. The van der Waals surface area contributed by atoms with Crippen LogP contribution in [-0.4, -0.2) is 136 Å². The second-order valence-corrected chi connectivity index (χ2v) is 43.0. The Morgan fingerprint density at radius 2 is 0.950 bits per heavy atom. The SMILES string of the molecule is C.C.CC1CN(Cc2ccccc2)CC1c1nnc(CN)c(=O)[nH]1.Cc1cnccc1-c1ncc2c(=O)[nH]c(C3CN(Cc4ccccc4)CC3C)nn12.Cc1cnccc1C(=O)NCc1nnc(C2CN(Cc3ccccc3)CC2C)[nH]c1=O.Cc1cnccc1C(=O)O.O=P(Br)(Br)Br. The molecule has 3 aliphatic heterocycles. The van der Waals surface area contributed by atoms with Gasteiger partial charge in [0.1, 0.15) is 28.9 Å². The number of carboxylic acid groups (broad SMARTS) is 1. The number of H-pyrrole nitrogens is 3. The molecule has 1 amide bonds. The molecule has 0 radical (unpaired) electrons. The van der Waals surface area contributed by atoms with Crippen LogP contribution in [0.15, 0.2) is 167 Å². The van der Waals surface area contributed by atoms with Gasteiger partial charge < -0.3 is 31.1 Å². The highest BCUT2D eigenvalue weighted by Crippen LogP contribution is 2.68. The van der Waals surface area contributed by atoms with Gasteiger partial charge in [0.25, 0.3) is 25.8 Å². The van der Waals surface area contributed by atoms with Crippen LogP contribution in [0.1, 0.15) is 136 Å². The second kappa shape index (κ2) is 37.3. The molecular formula is C71H86Br3N18O7P. The van der Waals surface area contributed by atoms with Crippen molar-refractivity contribution < 1.29 is 19.3 Å². The summed E-state index contributed by atoms with van der Waals surface area (Å²) >= 11 is 8.29. The molecular weight excluding hydrogens is 1490 g/mol. The van der Waals surface area contributed by atoms with Gasteiger partial charge >= 0.3 is 5.97 Å². The maximum absolute atomic E-state index is 12.8. The van der Waals surface area contributed by atoms with E-state index in [-0.39, 0.29) is 79.7 Å². The van der Waals surface area contributed by atoms with Crippen molar-refractivity contribution in [3.63, 3.8) is 0 Å². The van der Waals surface area contributed by atoms with Crippen molar-refractivity contribution in [2.75, 3.05) is 39.3 Å². The van der Waals surface area contributed by atoms with E-state index in [1.54, 1.807) is 48.5 Å². The van der Waals surface area contributed by atoms with Crippen molar-refractivity contribution in [3.05, 3.63) is 257 Å². The molecule has 7 N–H and O–H groups in total. The zero-order valence-corrected chi connectivity index (χ0v) is 60.7. The number of aromatic amines is 3. The largest absolute Gasteiger partial charge is 0.478 e. The number of nitrogens with one attached hydrogen (secondary N) is 4. The first-order valence-electron chi connectivity index (χ1n) is 31.8. The molecule has 10 aromatic rings. The number of hydrogen-bond donors (Lipinski definition) is 6. The first-order chi connectivity index (χ1) is 47.0. The van der Waals surface area contributed by atoms with Crippen LogP contribution in [0.5, 0.6) is 0 Å². The lowest BCUT2D eigenvalue weighted by Crippen LogP contribution is -2.30. The normalized spacial score (nSPS) is 18.1. The number of amides is 1. The minimum atomic E-state index is -2.20. The number of rotatable bonds is 15. The Bertz CT molecular complexity index is 4540. The minimum absolute atomic E-state index is 0. The molecule has 6 unspecified atom stereocenters. The van der Waals surface area contributed by atoms with Gasteiger partial charge in [0.15, 0.2) is 11.3 Å². The van der Waals surface area contributed by atoms with Gasteiger partial charge in [0.05, 0.1) is 18.3 Å². The number of benzene rings is 3. The fraction of sp³-hybridized carbons (Fsp3) is 0.352. The number of aromatic nitrogens is 13. The Balaban J connectivity index is 0.000000191. The molecule has 10 heterocycles. The molecule has 3 aromatic carbocycles. The fourth-order valence-corrected chi connectivity index (χ4v) is 12.2. The summed E-state index contributed by atoms with van der Waals surface area (Å²) in [6.45, 7) is 20.4. The number of carboxylic acids is 1. The smallest absolute Gasteiger partial charge is 0.336 e. The van der Waals surface area contributed by atoms with Crippen molar-refractivity contribution in [2.45, 2.75) is 107 Å². The summed E-state index contributed by atoms with van der Waals surface area (Å²) in [4.78, 5) is 92.3. The number of pyridine rings is 3. The molecule has 13 rings (SSSR count). The first-order valence-corrected chi connectivity index (χ1v) is 39.6. The van der Waals surface area contributed by atoms with E-state index in [2.05, 4.69) is 203 Å². The average molecular weight is 1570 g/mol. The zero-order chi connectivity index (χ0) is 70.0. The van der Waals surface area contributed by atoms with Gasteiger partial charge in [-0.2, -0.15) is 5.10 Å². The molecule has 3 fully saturated rings. The number of aryl methyl sites for hydroxylation is 3. The van der Waals surface area contributed by atoms with Crippen LogP contribution in [0.3, 0.4) is 0 Å². The van der Waals surface area contributed by atoms with E-state index in [0.29, 0.717) is 57.4 Å². The fourth-order valence-electron chi connectivity index (χ4n) is 12.2. The summed E-state index contributed by atoms with van der Waals surface area (Å²) < 4.78 is 9.45. The van der Waals surface area contributed by atoms with Crippen molar-refractivity contribution in [1.82, 2.24) is 84.9 Å². The van der Waals surface area contributed by atoms with Crippen molar-refractivity contribution in [2.24, 2.45) is 23.5 Å². The standard InChI is InChI=1S/C23H26N6O2.C23H24N6O.C16H21N5O.C7H7NO2.2CH4.Br3OP/c1-15-10-24-9-8-18(15)22(30)25-11-20-23(31)26-21(28-27-20)19-14-29(12-16(19)2)13-17-6-4-3-5-7-17;1-15-10-24-9-8-18(15)22-25-11-20-23(30)26-21(27-29(20)22)19-14-28(12-16(19)2)13-17-6-4-3-5-7-17;1-11-8-21(9-12-5-3-2-4-6-12)10-13(11)15-18-16(22)14(7-17)19-20-15;1-5-4-8-3-2-6(5)7(9)10;;;1-5(2,3)4/h3-10,16,19H,11-14H2,1-2H3,(H,25,30)(H,26,28,31);3-11,16,19H,12-14H2,1-2H3,(H,26,27,30);2-6,11,13H,7-10,17H2,1H3,(H,18,20,22);2-4H,1H3,(H,9,10);2*1H4;. The summed E-state index contributed by atoms with van der Waals surface area (Å²) in [5, 5.41) is 32.6. The molecule has 0 aliphatic carbocycles. The number of fused-ring (bicyclic) bond motifs is 1. The van der Waals surface area contributed by atoms with Crippen LogP contribution in [0.25, 0.3) is 16.9 Å². The van der Waals surface area contributed by atoms with Gasteiger partial charge in [-0.15, -0.1) is 20.4 Å². The molecule has 3 aliphatic rings. The summed E-state index contributed by atoms with van der Waals surface area (Å²) in [7, 11) is 0. The molecule has 29 heteroatoms. The van der Waals surface area contributed by atoms with E-state index in [4.69, 9.17) is 15.9 Å². The van der Waals surface area contributed by atoms with E-state index >= 15 is 0 Å². The second-order valence-electron chi connectivity index (χ2n) is 24.6. The lowest BCUT2D eigenvalue weighted by Gasteiger charge is -2.16. The zero-order valence-electron chi connectivity index (χ0n) is 55.0. The molecule has 100 heavy (non-hydrogen) atoms. The Morgan fingerprint density at radius 1 is 0.550 bits per heavy atom. The minimum Gasteiger partial charge on any atom is -0.478 e. The summed E-state index contributed by atoms with van der Waals surface area (Å²) in [6, 6.07) is 36.3. The number of nitrogens with two attached hydrogens (primary N) is 1. The van der Waals surface area contributed by atoms with Crippen molar-refractivity contribution in [3.8, 4) is 11.4 Å². The number of likely N-dealkylation sites (tertiary alicyclic amines) is 3. The molecule has 0 saturated carbocycles. The van der Waals surface area contributed by atoms with E-state index in [1.165, 1.54) is 35.2 Å². The lowest BCUT2D eigenvalue weighted by atomic mass is 9.97. The van der Waals surface area contributed by atoms with Gasteiger partial charge in [-0.3, -0.25) is 53.4 Å². The summed E-state index contributed by atoms with van der Waals surface area (Å²) in [5.41, 5.74) is 13.8. The predicted molar refractivity (Wildman–Crippen MR) is 400 cm³/mol. The topological polar surface area (TPSA) is 338 Å². The monoisotopic (exact) mass is 1570 g/mol. The molecule has 7 aromatic heterocycles. The number of halogens is 3. The third-order valence-corrected chi connectivity index (χ3v) is 17.2. The van der Waals surface area contributed by atoms with Gasteiger partial charge in [-0.05, 0) is 90.1 Å². The maximum atomic E-state index is 12.8. The van der Waals surface area contributed by atoms with Gasteiger partial charge in [0, 0.05) is 178 Å². The van der Waals surface area contributed by atoms with Gasteiger partial charge in [0.2, 0.25) is 0 Å². The van der Waals surface area contributed by atoms with E-state index in [1.807, 2.05) is 50.2 Å². The van der Waals surface area contributed by atoms with E-state index in [0.717, 1.165) is 81.4 Å². The Hall–Kier alpha value is -8.47. The number of aromatic carboxylic acids is 1. The number of carbonyl (C=O) groups excluding carboxylic acids is 1.